The number of amides is 1. The SMILES string of the molecule is CCC(CC)N(CC(C)C)C(=O)c1c(C)cccc1N. The van der Waals surface area contributed by atoms with Crippen molar-refractivity contribution in [1.82, 2.24) is 4.90 Å². The lowest BCUT2D eigenvalue weighted by atomic mass is 10.0. The molecule has 0 radical (unpaired) electrons. The van der Waals surface area contributed by atoms with E-state index in [-0.39, 0.29) is 11.9 Å². The fraction of sp³-hybridized carbons (Fsp3) is 0.588. The van der Waals surface area contributed by atoms with Crippen molar-refractivity contribution in [1.29, 1.82) is 0 Å². The molecule has 112 valence electrons. The van der Waals surface area contributed by atoms with E-state index in [1.165, 1.54) is 0 Å². The van der Waals surface area contributed by atoms with Gasteiger partial charge in [0.25, 0.3) is 5.91 Å². The lowest BCUT2D eigenvalue weighted by Crippen LogP contribution is -2.42. The minimum absolute atomic E-state index is 0.0722. The van der Waals surface area contributed by atoms with Crippen LogP contribution in [0.3, 0.4) is 0 Å². The summed E-state index contributed by atoms with van der Waals surface area (Å²) in [4.78, 5) is 14.9. The van der Waals surface area contributed by atoms with E-state index in [1.54, 1.807) is 6.07 Å². The van der Waals surface area contributed by atoms with E-state index in [1.807, 2.05) is 24.0 Å². The van der Waals surface area contributed by atoms with Gasteiger partial charge in [0.2, 0.25) is 0 Å². The molecule has 0 atom stereocenters. The number of anilines is 1. The Labute approximate surface area is 123 Å². The van der Waals surface area contributed by atoms with Gasteiger partial charge in [-0.05, 0) is 37.3 Å². The smallest absolute Gasteiger partial charge is 0.256 e. The maximum Gasteiger partial charge on any atom is 0.256 e. The molecule has 0 heterocycles. The second kappa shape index (κ2) is 7.32. The molecule has 0 aromatic heterocycles. The molecule has 1 aromatic carbocycles. The van der Waals surface area contributed by atoms with Gasteiger partial charge in [0.15, 0.2) is 0 Å². The normalized spacial score (nSPS) is 11.2. The molecule has 3 nitrogen and oxygen atoms in total. The number of carbonyl (C=O) groups excluding carboxylic acids is 1. The number of nitrogen functional groups attached to an aromatic ring is 1. The number of rotatable bonds is 6. The number of nitrogens with two attached hydrogens (primary N) is 1. The Morgan fingerprint density at radius 1 is 1.25 bits per heavy atom. The van der Waals surface area contributed by atoms with E-state index < -0.39 is 0 Å². The molecule has 1 aromatic rings. The summed E-state index contributed by atoms with van der Waals surface area (Å²) in [6.07, 6.45) is 1.95. The van der Waals surface area contributed by atoms with Gasteiger partial charge in [-0.2, -0.15) is 0 Å². The lowest BCUT2D eigenvalue weighted by molar-refractivity contribution is 0.0640. The van der Waals surface area contributed by atoms with Crippen molar-refractivity contribution < 1.29 is 4.79 Å². The van der Waals surface area contributed by atoms with Crippen LogP contribution in [-0.4, -0.2) is 23.4 Å². The predicted octanol–water partition coefficient (Wildman–Crippen LogP) is 3.86. The van der Waals surface area contributed by atoms with Crippen molar-refractivity contribution in [2.75, 3.05) is 12.3 Å². The van der Waals surface area contributed by atoms with Crippen LogP contribution >= 0.6 is 0 Å². The second-order valence-electron chi connectivity index (χ2n) is 5.86. The van der Waals surface area contributed by atoms with Crippen LogP contribution in [0.5, 0.6) is 0 Å². The quantitative estimate of drug-likeness (QED) is 0.802. The molecule has 0 bridgehead atoms. The van der Waals surface area contributed by atoms with Crippen molar-refractivity contribution in [2.45, 2.75) is 53.5 Å². The number of benzene rings is 1. The lowest BCUT2D eigenvalue weighted by Gasteiger charge is -2.33. The molecule has 0 aliphatic heterocycles. The summed E-state index contributed by atoms with van der Waals surface area (Å²) in [5.74, 6) is 0.521. The topological polar surface area (TPSA) is 46.3 Å². The summed E-state index contributed by atoms with van der Waals surface area (Å²) in [5.41, 5.74) is 8.23. The van der Waals surface area contributed by atoms with Crippen LogP contribution in [0.4, 0.5) is 5.69 Å². The summed E-state index contributed by atoms with van der Waals surface area (Å²) in [5, 5.41) is 0. The molecule has 1 amide bonds. The zero-order valence-electron chi connectivity index (χ0n) is 13.4. The fourth-order valence-corrected chi connectivity index (χ4v) is 2.65. The Kier molecular flexibility index (Phi) is 6.05. The highest BCUT2D eigenvalue weighted by atomic mass is 16.2. The molecular weight excluding hydrogens is 248 g/mol. The maximum absolute atomic E-state index is 12.9. The van der Waals surface area contributed by atoms with Crippen LogP contribution in [0.15, 0.2) is 18.2 Å². The van der Waals surface area contributed by atoms with E-state index in [0.29, 0.717) is 17.2 Å². The van der Waals surface area contributed by atoms with E-state index in [0.717, 1.165) is 24.9 Å². The highest BCUT2D eigenvalue weighted by molar-refractivity contribution is 6.00. The summed E-state index contributed by atoms with van der Waals surface area (Å²) in [7, 11) is 0. The Morgan fingerprint density at radius 3 is 2.30 bits per heavy atom. The van der Waals surface area contributed by atoms with Crippen molar-refractivity contribution in [2.24, 2.45) is 5.92 Å². The monoisotopic (exact) mass is 276 g/mol. The summed E-state index contributed by atoms with van der Waals surface area (Å²) in [6, 6.07) is 5.93. The van der Waals surface area contributed by atoms with Crippen molar-refractivity contribution in [3.63, 3.8) is 0 Å². The van der Waals surface area contributed by atoms with Gasteiger partial charge < -0.3 is 10.6 Å². The third-order valence-corrected chi connectivity index (χ3v) is 3.72. The van der Waals surface area contributed by atoms with Crippen LogP contribution in [0, 0.1) is 12.8 Å². The minimum atomic E-state index is 0.0722. The Bertz CT molecular complexity index is 430. The summed E-state index contributed by atoms with van der Waals surface area (Å²) < 4.78 is 0. The number of hydrogen-bond acceptors (Lipinski definition) is 2. The van der Waals surface area contributed by atoms with Crippen LogP contribution in [0.1, 0.15) is 56.5 Å². The minimum Gasteiger partial charge on any atom is -0.398 e. The third kappa shape index (κ3) is 3.75. The van der Waals surface area contributed by atoms with Gasteiger partial charge in [-0.3, -0.25) is 4.79 Å². The highest BCUT2D eigenvalue weighted by Gasteiger charge is 2.25. The highest BCUT2D eigenvalue weighted by Crippen LogP contribution is 2.22. The molecule has 0 spiro atoms. The first kappa shape index (κ1) is 16.5. The maximum atomic E-state index is 12.9. The zero-order valence-corrected chi connectivity index (χ0v) is 13.4. The van der Waals surface area contributed by atoms with Crippen LogP contribution in [0.2, 0.25) is 0 Å². The van der Waals surface area contributed by atoms with E-state index in [2.05, 4.69) is 27.7 Å². The van der Waals surface area contributed by atoms with Gasteiger partial charge >= 0.3 is 0 Å². The molecule has 2 N–H and O–H groups in total. The second-order valence-corrected chi connectivity index (χ2v) is 5.86. The van der Waals surface area contributed by atoms with Crippen molar-refractivity contribution in [3.05, 3.63) is 29.3 Å². The molecule has 1 rings (SSSR count). The van der Waals surface area contributed by atoms with Crippen LogP contribution < -0.4 is 5.73 Å². The number of hydrogen-bond donors (Lipinski definition) is 1. The van der Waals surface area contributed by atoms with Crippen molar-refractivity contribution >= 4 is 11.6 Å². The number of nitrogens with zero attached hydrogens (tertiary/aromatic N) is 1. The molecule has 0 saturated carbocycles. The number of aryl methyl sites for hydroxylation is 1. The van der Waals surface area contributed by atoms with E-state index in [4.69, 9.17) is 5.73 Å². The van der Waals surface area contributed by atoms with Gasteiger partial charge in [0.1, 0.15) is 0 Å². The van der Waals surface area contributed by atoms with Gasteiger partial charge in [0.05, 0.1) is 5.56 Å². The van der Waals surface area contributed by atoms with Crippen LogP contribution in [0.25, 0.3) is 0 Å². The zero-order chi connectivity index (χ0) is 15.3. The predicted molar refractivity (Wildman–Crippen MR) is 85.8 cm³/mol. The first-order valence-electron chi connectivity index (χ1n) is 7.58. The first-order chi connectivity index (χ1) is 9.42. The molecule has 0 aliphatic rings. The Hall–Kier alpha value is -1.51. The van der Waals surface area contributed by atoms with E-state index in [9.17, 15) is 4.79 Å². The Morgan fingerprint density at radius 2 is 1.85 bits per heavy atom. The Balaban J connectivity index is 3.16. The van der Waals surface area contributed by atoms with Gasteiger partial charge in [0, 0.05) is 18.3 Å². The number of carbonyl (C=O) groups is 1. The summed E-state index contributed by atoms with van der Waals surface area (Å²) in [6.45, 7) is 11.3. The molecule has 0 saturated heterocycles. The third-order valence-electron chi connectivity index (χ3n) is 3.72. The van der Waals surface area contributed by atoms with Gasteiger partial charge in [-0.25, -0.2) is 0 Å². The average Bonchev–Trinajstić information content (AvgIpc) is 2.38. The first-order valence-corrected chi connectivity index (χ1v) is 7.58. The average molecular weight is 276 g/mol. The van der Waals surface area contributed by atoms with Gasteiger partial charge in [-0.1, -0.05) is 39.8 Å². The van der Waals surface area contributed by atoms with Crippen molar-refractivity contribution in [3.8, 4) is 0 Å². The standard InChI is InChI=1S/C17H28N2O/c1-6-14(7-2)19(11-12(3)4)17(20)16-13(5)9-8-10-15(16)18/h8-10,12,14H,6-7,11,18H2,1-5H3. The molecule has 0 aliphatic carbocycles. The molecule has 0 fully saturated rings. The molecular formula is C17H28N2O. The fourth-order valence-electron chi connectivity index (χ4n) is 2.65. The molecule has 3 heteroatoms. The van der Waals surface area contributed by atoms with Gasteiger partial charge in [-0.15, -0.1) is 0 Å². The summed E-state index contributed by atoms with van der Waals surface area (Å²) >= 11 is 0. The molecule has 0 unspecified atom stereocenters. The van der Waals surface area contributed by atoms with Crippen LogP contribution in [-0.2, 0) is 0 Å². The van der Waals surface area contributed by atoms with E-state index >= 15 is 0 Å². The largest absolute Gasteiger partial charge is 0.398 e. The molecule has 20 heavy (non-hydrogen) atoms.